The molecule has 0 unspecified atom stereocenters. The third kappa shape index (κ3) is 3.43. The molecule has 3 rings (SSSR count). The van der Waals surface area contributed by atoms with E-state index in [1.165, 1.54) is 12.0 Å². The lowest BCUT2D eigenvalue weighted by atomic mass is 10.1. The number of nitrogens with zero attached hydrogens (tertiary/aromatic N) is 3. The van der Waals surface area contributed by atoms with Gasteiger partial charge in [-0.3, -0.25) is 4.90 Å². The largest absolute Gasteiger partial charge is 0.379 e. The molecule has 0 atom stereocenters. The molecule has 1 aliphatic heterocycles. The highest BCUT2D eigenvalue weighted by atomic mass is 16.5. The van der Waals surface area contributed by atoms with Crippen LogP contribution in [-0.2, 0) is 11.2 Å². The molecule has 0 radical (unpaired) electrons. The number of hydrogen-bond acceptors (Lipinski definition) is 5. The van der Waals surface area contributed by atoms with Crippen LogP contribution >= 0.6 is 0 Å². The van der Waals surface area contributed by atoms with E-state index in [0.29, 0.717) is 5.82 Å². The van der Waals surface area contributed by atoms with E-state index in [1.54, 1.807) is 0 Å². The van der Waals surface area contributed by atoms with E-state index in [2.05, 4.69) is 33.2 Å². The number of morpholine rings is 1. The standard InChI is InChI=1S/C15H19N3O2/c1-3-13(4-2-6-18-7-9-19-10-8-18)11-14(5-1)15-16-12-20-17-15/h1,3,5,11-12H,2,4,6-10H2. The Morgan fingerprint density at radius 1 is 1.20 bits per heavy atom. The molecule has 0 aliphatic carbocycles. The second-order valence-electron chi connectivity index (χ2n) is 5.01. The summed E-state index contributed by atoms with van der Waals surface area (Å²) in [5.41, 5.74) is 2.34. The predicted octanol–water partition coefficient (Wildman–Crippen LogP) is 2.00. The summed E-state index contributed by atoms with van der Waals surface area (Å²) in [5, 5.41) is 3.87. The molecule has 1 fully saturated rings. The Hall–Kier alpha value is -1.72. The molecule has 1 saturated heterocycles. The van der Waals surface area contributed by atoms with Gasteiger partial charge in [-0.1, -0.05) is 23.4 Å². The summed E-state index contributed by atoms with van der Waals surface area (Å²) < 4.78 is 10.1. The molecule has 5 heteroatoms. The number of aromatic nitrogens is 2. The maximum atomic E-state index is 5.36. The van der Waals surface area contributed by atoms with Gasteiger partial charge in [0.1, 0.15) is 0 Å². The van der Waals surface area contributed by atoms with Crippen molar-refractivity contribution >= 4 is 0 Å². The van der Waals surface area contributed by atoms with Gasteiger partial charge in [0.2, 0.25) is 12.2 Å². The molecule has 0 saturated carbocycles. The van der Waals surface area contributed by atoms with Crippen molar-refractivity contribution in [2.24, 2.45) is 0 Å². The number of hydrogen-bond donors (Lipinski definition) is 0. The quantitative estimate of drug-likeness (QED) is 0.834. The maximum absolute atomic E-state index is 5.36. The van der Waals surface area contributed by atoms with Crippen LogP contribution < -0.4 is 0 Å². The van der Waals surface area contributed by atoms with Crippen molar-refractivity contribution in [1.29, 1.82) is 0 Å². The summed E-state index contributed by atoms with van der Waals surface area (Å²) in [4.78, 5) is 6.55. The molecule has 20 heavy (non-hydrogen) atoms. The fraction of sp³-hybridized carbons (Fsp3) is 0.467. The minimum atomic E-state index is 0.653. The highest BCUT2D eigenvalue weighted by molar-refractivity contribution is 5.55. The highest BCUT2D eigenvalue weighted by Gasteiger charge is 2.09. The molecule has 0 N–H and O–H groups in total. The molecule has 1 aromatic heterocycles. The first-order valence-corrected chi connectivity index (χ1v) is 7.07. The Labute approximate surface area is 118 Å². The summed E-state index contributed by atoms with van der Waals surface area (Å²) in [5.74, 6) is 0.653. The summed E-state index contributed by atoms with van der Waals surface area (Å²) in [6.45, 7) is 4.99. The van der Waals surface area contributed by atoms with Crippen LogP contribution in [0.2, 0.25) is 0 Å². The maximum Gasteiger partial charge on any atom is 0.214 e. The van der Waals surface area contributed by atoms with Gasteiger partial charge in [0.15, 0.2) is 0 Å². The van der Waals surface area contributed by atoms with E-state index in [1.807, 2.05) is 6.07 Å². The third-order valence-corrected chi connectivity index (χ3v) is 3.59. The van der Waals surface area contributed by atoms with Crippen molar-refractivity contribution in [3.63, 3.8) is 0 Å². The van der Waals surface area contributed by atoms with Gasteiger partial charge in [-0.05, 0) is 31.0 Å². The first-order valence-electron chi connectivity index (χ1n) is 7.07. The molecule has 2 heterocycles. The van der Waals surface area contributed by atoms with Gasteiger partial charge in [-0.25, -0.2) is 0 Å². The topological polar surface area (TPSA) is 51.4 Å². The second kappa shape index (κ2) is 6.63. The predicted molar refractivity (Wildman–Crippen MR) is 75.3 cm³/mol. The van der Waals surface area contributed by atoms with Gasteiger partial charge in [-0.2, -0.15) is 4.98 Å². The SMILES string of the molecule is c1cc(CCCN2CCOCC2)cc(-c2ncon2)c1. The van der Waals surface area contributed by atoms with Gasteiger partial charge in [0, 0.05) is 18.7 Å². The zero-order valence-electron chi connectivity index (χ0n) is 11.5. The lowest BCUT2D eigenvalue weighted by Crippen LogP contribution is -2.36. The van der Waals surface area contributed by atoms with Crippen molar-refractivity contribution in [3.05, 3.63) is 36.2 Å². The van der Waals surface area contributed by atoms with Gasteiger partial charge < -0.3 is 9.26 Å². The molecule has 1 aliphatic rings. The van der Waals surface area contributed by atoms with Crippen LogP contribution in [0.15, 0.2) is 35.2 Å². The average Bonchev–Trinajstić information content (AvgIpc) is 3.03. The van der Waals surface area contributed by atoms with Crippen molar-refractivity contribution < 1.29 is 9.26 Å². The smallest absolute Gasteiger partial charge is 0.214 e. The van der Waals surface area contributed by atoms with Crippen molar-refractivity contribution in [3.8, 4) is 11.4 Å². The van der Waals surface area contributed by atoms with Crippen molar-refractivity contribution in [2.45, 2.75) is 12.8 Å². The van der Waals surface area contributed by atoms with Crippen LogP contribution in [0.25, 0.3) is 11.4 Å². The summed E-state index contributed by atoms with van der Waals surface area (Å²) in [7, 11) is 0. The molecule has 0 amide bonds. The number of benzene rings is 1. The van der Waals surface area contributed by atoms with Gasteiger partial charge in [-0.15, -0.1) is 0 Å². The van der Waals surface area contributed by atoms with E-state index in [4.69, 9.17) is 9.26 Å². The lowest BCUT2D eigenvalue weighted by molar-refractivity contribution is 0.0375. The number of rotatable bonds is 5. The average molecular weight is 273 g/mol. The normalized spacial score (nSPS) is 16.4. The van der Waals surface area contributed by atoms with Crippen LogP contribution in [-0.4, -0.2) is 47.9 Å². The zero-order chi connectivity index (χ0) is 13.6. The van der Waals surface area contributed by atoms with E-state index in [0.717, 1.165) is 51.3 Å². The Morgan fingerprint density at radius 2 is 2.10 bits per heavy atom. The Kier molecular flexibility index (Phi) is 4.40. The van der Waals surface area contributed by atoms with Crippen LogP contribution in [0.1, 0.15) is 12.0 Å². The van der Waals surface area contributed by atoms with E-state index in [-0.39, 0.29) is 0 Å². The van der Waals surface area contributed by atoms with Crippen molar-refractivity contribution in [2.75, 3.05) is 32.8 Å². The Balaban J connectivity index is 1.53. The number of ether oxygens (including phenoxy) is 1. The van der Waals surface area contributed by atoms with Crippen molar-refractivity contribution in [1.82, 2.24) is 15.0 Å². The lowest BCUT2D eigenvalue weighted by Gasteiger charge is -2.26. The van der Waals surface area contributed by atoms with Crippen LogP contribution in [0.5, 0.6) is 0 Å². The van der Waals surface area contributed by atoms with Gasteiger partial charge in [0.25, 0.3) is 0 Å². The Bertz CT molecular complexity index is 522. The molecule has 5 nitrogen and oxygen atoms in total. The molecule has 1 aromatic carbocycles. The van der Waals surface area contributed by atoms with Crippen LogP contribution in [0.3, 0.4) is 0 Å². The second-order valence-corrected chi connectivity index (χ2v) is 5.01. The summed E-state index contributed by atoms with van der Waals surface area (Å²) in [6, 6.07) is 8.36. The minimum Gasteiger partial charge on any atom is -0.379 e. The summed E-state index contributed by atoms with van der Waals surface area (Å²) >= 11 is 0. The molecule has 106 valence electrons. The van der Waals surface area contributed by atoms with E-state index < -0.39 is 0 Å². The third-order valence-electron chi connectivity index (χ3n) is 3.59. The highest BCUT2D eigenvalue weighted by Crippen LogP contribution is 2.17. The molecule has 0 spiro atoms. The van der Waals surface area contributed by atoms with Gasteiger partial charge >= 0.3 is 0 Å². The van der Waals surface area contributed by atoms with E-state index >= 15 is 0 Å². The van der Waals surface area contributed by atoms with E-state index in [9.17, 15) is 0 Å². The van der Waals surface area contributed by atoms with Gasteiger partial charge in [0.05, 0.1) is 13.2 Å². The number of aryl methyl sites for hydroxylation is 1. The van der Waals surface area contributed by atoms with Crippen LogP contribution in [0, 0.1) is 0 Å². The van der Waals surface area contributed by atoms with Crippen LogP contribution in [0.4, 0.5) is 0 Å². The minimum absolute atomic E-state index is 0.653. The first kappa shape index (κ1) is 13.3. The Morgan fingerprint density at radius 3 is 2.90 bits per heavy atom. The first-order chi connectivity index (χ1) is 9.92. The molecular weight excluding hydrogens is 254 g/mol. The molecule has 2 aromatic rings. The fourth-order valence-corrected chi connectivity index (χ4v) is 2.50. The summed E-state index contributed by atoms with van der Waals surface area (Å²) in [6.07, 6.45) is 3.60. The monoisotopic (exact) mass is 273 g/mol. The molecular formula is C15H19N3O2. The molecule has 0 bridgehead atoms. The fourth-order valence-electron chi connectivity index (χ4n) is 2.50. The zero-order valence-corrected chi connectivity index (χ0v) is 11.5.